The van der Waals surface area contributed by atoms with Crippen LogP contribution in [0.1, 0.15) is 140 Å². The maximum atomic E-state index is 5.31. The predicted molar refractivity (Wildman–Crippen MR) is 327 cm³/mol. The highest BCUT2D eigenvalue weighted by molar-refractivity contribution is 8.34. The van der Waals surface area contributed by atoms with E-state index in [0.29, 0.717) is 0 Å². The van der Waals surface area contributed by atoms with Crippen LogP contribution in [0.25, 0.3) is 93.4 Å². The minimum Gasteiger partial charge on any atom is -0.252 e. The average molecular weight is 1130 g/mol. The van der Waals surface area contributed by atoms with Gasteiger partial charge in [-0.2, -0.15) is 27.5 Å². The molecule has 0 aliphatic carbocycles. The van der Waals surface area contributed by atoms with Gasteiger partial charge in [-0.1, -0.05) is 105 Å². The van der Waals surface area contributed by atoms with Gasteiger partial charge in [0.05, 0.1) is 43.0 Å². The van der Waals surface area contributed by atoms with Crippen molar-refractivity contribution in [2.24, 2.45) is 0 Å². The number of hydrogen-bond acceptors (Lipinski definition) is 14. The smallest absolute Gasteiger partial charge is 0.132 e. The first-order valence-electron chi connectivity index (χ1n) is 26.7. The fraction of sp³-hybridized carbons (Fsp3) is 0.414. The Bertz CT molecular complexity index is 3200. The number of aromatic nitrogens is 6. The van der Waals surface area contributed by atoms with Crippen molar-refractivity contribution >= 4 is 124 Å². The summed E-state index contributed by atoms with van der Waals surface area (Å²) >= 11 is 14.0. The van der Waals surface area contributed by atoms with Gasteiger partial charge in [-0.25, -0.2) is 0 Å². The Hall–Kier alpha value is -3.51. The second-order valence-electron chi connectivity index (χ2n) is 19.5. The van der Waals surface area contributed by atoms with Gasteiger partial charge >= 0.3 is 0 Å². The summed E-state index contributed by atoms with van der Waals surface area (Å²) in [4.78, 5) is 29.7. The molecule has 1 aliphatic heterocycles. The van der Waals surface area contributed by atoms with Crippen molar-refractivity contribution in [3.8, 4) is 71.3 Å². The van der Waals surface area contributed by atoms with Gasteiger partial charge in [-0.15, -0.1) is 68.0 Å². The van der Waals surface area contributed by atoms with Crippen LogP contribution < -0.4 is 0 Å². The largest absolute Gasteiger partial charge is 0.252 e. The molecule has 0 spiro atoms. The van der Waals surface area contributed by atoms with E-state index >= 15 is 0 Å². The molecular weight excluding hydrogens is 1070 g/mol. The fourth-order valence-electron chi connectivity index (χ4n) is 10.3. The second-order valence-corrected chi connectivity index (χ2v) is 30.6. The van der Waals surface area contributed by atoms with E-state index in [1.807, 2.05) is 68.0 Å². The van der Waals surface area contributed by atoms with Gasteiger partial charge in [0.15, 0.2) is 0 Å². The molecule has 0 bridgehead atoms. The predicted octanol–water partition coefficient (Wildman–Crippen LogP) is 21.5. The summed E-state index contributed by atoms with van der Waals surface area (Å²) < 4.78 is 19.9. The third-order valence-electron chi connectivity index (χ3n) is 14.3. The molecule has 0 radical (unpaired) electrons. The lowest BCUT2D eigenvalue weighted by Gasteiger charge is -2.37. The minimum absolute atomic E-state index is 0.917. The first kappa shape index (κ1) is 51.6. The molecule has 1 aliphatic rings. The van der Waals surface area contributed by atoms with Crippen LogP contribution in [0.15, 0.2) is 82.8 Å². The maximum Gasteiger partial charge on any atom is 0.132 e. The summed E-state index contributed by atoms with van der Waals surface area (Å²) in [6.07, 6.45) is 26.9. The van der Waals surface area contributed by atoms with Crippen LogP contribution in [0.5, 0.6) is 0 Å². The third-order valence-corrected chi connectivity index (χ3v) is 27.3. The van der Waals surface area contributed by atoms with Gasteiger partial charge in [0.2, 0.25) is 0 Å². The lowest BCUT2D eigenvalue weighted by molar-refractivity contribution is 0.670. The number of nitrogens with zero attached hydrogens (tertiary/aromatic N) is 6. The van der Waals surface area contributed by atoms with E-state index in [2.05, 4.69) is 101 Å². The van der Waals surface area contributed by atoms with E-state index in [1.54, 1.807) is 9.79 Å². The zero-order valence-corrected chi connectivity index (χ0v) is 49.8. The molecule has 15 heteroatoms. The lowest BCUT2D eigenvalue weighted by atomic mass is 10.1. The minimum atomic E-state index is -1.35. The van der Waals surface area contributed by atoms with E-state index in [-0.39, 0.29) is 0 Å². The van der Waals surface area contributed by atoms with Crippen LogP contribution in [0.3, 0.4) is 0 Å². The van der Waals surface area contributed by atoms with Gasteiger partial charge < -0.3 is 0 Å². The third kappa shape index (κ3) is 10.7. The summed E-state index contributed by atoms with van der Waals surface area (Å²) in [6.45, 7) is 9.22. The molecule has 0 atom stereocenters. The Balaban J connectivity index is 0.928. The molecule has 0 aromatic carbocycles. The quantitative estimate of drug-likeness (QED) is 0.0503. The standard InChI is InChI=1S/C58H64N6S9/c1-5-9-13-17-21-37-23-25-43(65-37)45-29-27-41(67-45)39-35-59-53(55-51(39)61-71-63-55)47-33-49-57(69-47)58-50(73(49,31-19-15-11-7-3)32-20-16-12-8-4)34-48(70-58)54-56-52(62-72-64-56)40(36-60-54)42-28-30-46(68-42)44-26-24-38(66-44)22-18-14-10-6-2/h23-30,33-36H,5-22,31-32H2,1-4H3. The number of thiophene rings is 6. The van der Waals surface area contributed by atoms with Crippen molar-refractivity contribution in [2.75, 3.05) is 11.5 Å². The summed E-state index contributed by atoms with van der Waals surface area (Å²) in [5.41, 5.74) is 7.83. The molecule has 6 nitrogen and oxygen atoms in total. The molecule has 10 aromatic rings. The Morgan fingerprint density at radius 3 is 1.19 bits per heavy atom. The van der Waals surface area contributed by atoms with Crippen LogP contribution in [0, 0.1) is 0 Å². The number of rotatable bonds is 26. The van der Waals surface area contributed by atoms with E-state index in [4.69, 9.17) is 27.5 Å². The van der Waals surface area contributed by atoms with Crippen molar-refractivity contribution in [1.82, 2.24) is 27.5 Å². The molecule has 0 unspecified atom stereocenters. The number of unbranched alkanes of at least 4 members (excludes halogenated alkanes) is 12. The van der Waals surface area contributed by atoms with Gasteiger partial charge in [-0.3, -0.25) is 9.97 Å². The molecule has 10 aromatic heterocycles. The molecule has 0 fully saturated rings. The monoisotopic (exact) mass is 1130 g/mol. The van der Waals surface area contributed by atoms with Crippen LogP contribution in [-0.2, 0) is 12.8 Å². The van der Waals surface area contributed by atoms with E-state index in [1.165, 1.54) is 209 Å². The SMILES string of the molecule is CCCCCCc1ccc(-c2ccc(-c3cnc(-c4cc5c(s4)-c4sc(-c6ncc(-c7ccc(-c8ccc(CCCCCC)s8)s7)c7nsnc67)cc4S5(CCCCCC)CCCCCC)c4nsnc34)s2)s1. The number of pyridine rings is 2. The van der Waals surface area contributed by atoms with Gasteiger partial charge in [0.1, 0.15) is 33.5 Å². The summed E-state index contributed by atoms with van der Waals surface area (Å²) in [6, 6.07) is 23.5. The molecule has 0 saturated carbocycles. The zero-order chi connectivity index (χ0) is 49.7. The normalized spacial score (nSPS) is 13.5. The molecule has 0 saturated heterocycles. The van der Waals surface area contributed by atoms with E-state index in [0.717, 1.165) is 44.6 Å². The summed E-state index contributed by atoms with van der Waals surface area (Å²) in [7, 11) is -1.35. The molecule has 73 heavy (non-hydrogen) atoms. The van der Waals surface area contributed by atoms with Crippen molar-refractivity contribution in [1.29, 1.82) is 0 Å². The Labute approximate surface area is 465 Å². The second kappa shape index (κ2) is 23.8. The number of hydrogen-bond donors (Lipinski definition) is 0. The maximum absolute atomic E-state index is 5.31. The Morgan fingerprint density at radius 2 is 0.753 bits per heavy atom. The van der Waals surface area contributed by atoms with E-state index in [9.17, 15) is 0 Å². The molecule has 0 N–H and O–H groups in total. The van der Waals surface area contributed by atoms with Crippen molar-refractivity contribution in [3.05, 3.63) is 82.8 Å². The molecule has 0 amide bonds. The first-order valence-corrected chi connectivity index (χ1v) is 35.0. The van der Waals surface area contributed by atoms with E-state index < -0.39 is 10.0 Å². The summed E-state index contributed by atoms with van der Waals surface area (Å²) in [5, 5.41) is 0. The first-order chi connectivity index (χ1) is 36.0. The highest BCUT2D eigenvalue weighted by Gasteiger charge is 2.42. The Kier molecular flexibility index (Phi) is 16.8. The lowest BCUT2D eigenvalue weighted by Crippen LogP contribution is -2.09. The van der Waals surface area contributed by atoms with Crippen molar-refractivity contribution < 1.29 is 0 Å². The highest BCUT2D eigenvalue weighted by atomic mass is 32.3. The molecule has 11 rings (SSSR count). The molecular formula is C58H64N6S9. The van der Waals surface area contributed by atoms with Gasteiger partial charge in [0.25, 0.3) is 0 Å². The molecule has 380 valence electrons. The van der Waals surface area contributed by atoms with Crippen molar-refractivity contribution in [3.63, 3.8) is 0 Å². The van der Waals surface area contributed by atoms with Crippen molar-refractivity contribution in [2.45, 2.75) is 153 Å². The van der Waals surface area contributed by atoms with Crippen LogP contribution in [0.2, 0.25) is 0 Å². The molecule has 11 heterocycles. The van der Waals surface area contributed by atoms with Gasteiger partial charge in [0, 0.05) is 72.3 Å². The van der Waals surface area contributed by atoms with Crippen LogP contribution in [-0.4, -0.2) is 39.0 Å². The number of fused-ring (bicyclic) bond motifs is 5. The zero-order valence-electron chi connectivity index (χ0n) is 42.4. The van der Waals surface area contributed by atoms with Crippen LogP contribution >= 0.6 is 102 Å². The fourth-order valence-corrected chi connectivity index (χ4v) is 23.8. The Morgan fingerprint density at radius 1 is 0.370 bits per heavy atom. The highest BCUT2D eigenvalue weighted by Crippen LogP contribution is 2.76. The summed E-state index contributed by atoms with van der Waals surface area (Å²) in [5.74, 6) is 2.45. The topological polar surface area (TPSA) is 77.3 Å². The van der Waals surface area contributed by atoms with Gasteiger partial charge in [-0.05, 0) is 111 Å². The van der Waals surface area contributed by atoms with Crippen LogP contribution in [0.4, 0.5) is 0 Å². The number of aryl methyl sites for hydroxylation is 2. The average Bonchev–Trinajstić information content (AvgIpc) is 4.26.